The lowest BCUT2D eigenvalue weighted by atomic mass is 10.4. The monoisotopic (exact) mass is 281 g/mol. The summed E-state index contributed by atoms with van der Waals surface area (Å²) in [6, 6.07) is 0. The van der Waals surface area contributed by atoms with Crippen LogP contribution in [0.3, 0.4) is 0 Å². The zero-order valence-electron chi connectivity index (χ0n) is 10.4. The van der Waals surface area contributed by atoms with Crippen molar-refractivity contribution in [3.8, 4) is 0 Å². The number of carbonyl (C=O) groups excluding carboxylic acids is 1. The minimum Gasteiger partial charge on any atom is -0.461 e. The first-order valence-electron chi connectivity index (χ1n) is 5.07. The first-order valence-corrected chi connectivity index (χ1v) is 8.07. The van der Waals surface area contributed by atoms with Crippen molar-refractivity contribution in [3.05, 3.63) is 12.2 Å². The summed E-state index contributed by atoms with van der Waals surface area (Å²) in [7, 11) is -1.56. The van der Waals surface area contributed by atoms with Gasteiger partial charge in [-0.3, -0.25) is 0 Å². The van der Waals surface area contributed by atoms with E-state index in [1.807, 2.05) is 0 Å². The Morgan fingerprint density at radius 1 is 1.41 bits per heavy atom. The first-order chi connectivity index (χ1) is 7.75. The highest BCUT2D eigenvalue weighted by molar-refractivity contribution is 7.99. The van der Waals surface area contributed by atoms with E-state index in [0.717, 1.165) is 0 Å². The van der Waals surface area contributed by atoms with Crippen molar-refractivity contribution in [2.24, 2.45) is 0 Å². The molecule has 0 bridgehead atoms. The molecule has 0 aromatic rings. The van der Waals surface area contributed by atoms with E-state index in [2.05, 4.69) is 6.58 Å². The molecule has 0 aliphatic heterocycles. The molecule has 5 nitrogen and oxygen atoms in total. The quantitative estimate of drug-likeness (QED) is 0.373. The number of ether oxygens (including phenoxy) is 1. The molecule has 0 saturated heterocycles. The summed E-state index contributed by atoms with van der Waals surface area (Å²) in [4.78, 5) is 11.0. The second-order valence-electron chi connectivity index (χ2n) is 3.61. The van der Waals surface area contributed by atoms with E-state index >= 15 is 0 Å². The third-order valence-corrected chi connectivity index (χ3v) is 4.17. The molecule has 0 aliphatic carbocycles. The molecule has 0 spiro atoms. The van der Waals surface area contributed by atoms with Gasteiger partial charge in [0.15, 0.2) is 0 Å². The van der Waals surface area contributed by atoms with Gasteiger partial charge in [-0.1, -0.05) is 6.58 Å². The van der Waals surface area contributed by atoms with Gasteiger partial charge in [-0.25, -0.2) is 17.5 Å². The SMILES string of the molecule is C=C(C)C(=O)OCCSCCN(C)S(C)(=O)=O. The Hall–Kier alpha value is -0.530. The van der Waals surface area contributed by atoms with Crippen molar-refractivity contribution in [1.82, 2.24) is 4.31 Å². The largest absolute Gasteiger partial charge is 0.461 e. The first kappa shape index (κ1) is 16.5. The molecule has 100 valence electrons. The lowest BCUT2D eigenvalue weighted by Crippen LogP contribution is -2.27. The average Bonchev–Trinajstić information content (AvgIpc) is 2.20. The Balaban J connectivity index is 3.54. The van der Waals surface area contributed by atoms with E-state index in [4.69, 9.17) is 4.74 Å². The van der Waals surface area contributed by atoms with Gasteiger partial charge in [0, 0.05) is 30.7 Å². The van der Waals surface area contributed by atoms with Gasteiger partial charge in [0.05, 0.1) is 6.26 Å². The molecule has 0 atom stereocenters. The number of thioether (sulfide) groups is 1. The zero-order valence-corrected chi connectivity index (χ0v) is 12.1. The van der Waals surface area contributed by atoms with Crippen LogP contribution in [0.5, 0.6) is 0 Å². The minimum absolute atomic E-state index is 0.318. The van der Waals surface area contributed by atoms with Gasteiger partial charge in [-0.15, -0.1) is 0 Å². The fourth-order valence-electron chi connectivity index (χ4n) is 0.777. The molecule has 0 saturated carbocycles. The van der Waals surface area contributed by atoms with Crippen molar-refractivity contribution in [2.75, 3.05) is 38.0 Å². The fourth-order valence-corrected chi connectivity index (χ4v) is 2.12. The molecule has 0 unspecified atom stereocenters. The maximum absolute atomic E-state index is 11.1. The van der Waals surface area contributed by atoms with E-state index < -0.39 is 10.0 Å². The van der Waals surface area contributed by atoms with Gasteiger partial charge in [0.1, 0.15) is 6.61 Å². The van der Waals surface area contributed by atoms with E-state index in [0.29, 0.717) is 30.2 Å². The minimum atomic E-state index is -3.10. The second-order valence-corrected chi connectivity index (χ2v) is 6.93. The van der Waals surface area contributed by atoms with Crippen molar-refractivity contribution >= 4 is 27.8 Å². The van der Waals surface area contributed by atoms with Crippen LogP contribution in [0.25, 0.3) is 0 Å². The molecule has 7 heteroatoms. The van der Waals surface area contributed by atoms with Crippen LogP contribution in [0.1, 0.15) is 6.92 Å². The predicted octanol–water partition coefficient (Wildman–Crippen LogP) is 0.730. The molecule has 0 aromatic carbocycles. The molecule has 17 heavy (non-hydrogen) atoms. The molecule has 0 N–H and O–H groups in total. The number of sulfonamides is 1. The number of hydrogen-bond donors (Lipinski definition) is 0. The molecular formula is C10H19NO4S2. The molecule has 0 rings (SSSR count). The van der Waals surface area contributed by atoms with Crippen molar-refractivity contribution in [2.45, 2.75) is 6.92 Å². The Morgan fingerprint density at radius 2 is 2.00 bits per heavy atom. The van der Waals surface area contributed by atoms with Crippen molar-refractivity contribution in [1.29, 1.82) is 0 Å². The predicted molar refractivity (Wildman–Crippen MR) is 70.6 cm³/mol. The summed E-state index contributed by atoms with van der Waals surface area (Å²) in [6.07, 6.45) is 1.17. The highest BCUT2D eigenvalue weighted by atomic mass is 32.2. The molecule has 0 heterocycles. The summed E-state index contributed by atoms with van der Waals surface area (Å²) >= 11 is 1.54. The highest BCUT2D eigenvalue weighted by Crippen LogP contribution is 2.03. The topological polar surface area (TPSA) is 63.7 Å². The molecule has 0 aliphatic rings. The van der Waals surface area contributed by atoms with Gasteiger partial charge in [-0.2, -0.15) is 11.8 Å². The second kappa shape index (κ2) is 7.73. The molecule has 0 radical (unpaired) electrons. The molecule has 0 aromatic heterocycles. The van der Waals surface area contributed by atoms with Crippen LogP contribution in [0, 0.1) is 0 Å². The maximum Gasteiger partial charge on any atom is 0.333 e. The summed E-state index contributed by atoms with van der Waals surface area (Å²) in [5.41, 5.74) is 0.381. The summed E-state index contributed by atoms with van der Waals surface area (Å²) in [5.74, 6) is 0.934. The van der Waals surface area contributed by atoms with Gasteiger partial charge < -0.3 is 4.74 Å². The van der Waals surface area contributed by atoms with E-state index in [1.54, 1.807) is 6.92 Å². The number of rotatable bonds is 8. The Labute approximate surface area is 107 Å². The van der Waals surface area contributed by atoms with Gasteiger partial charge in [-0.05, 0) is 6.92 Å². The van der Waals surface area contributed by atoms with Crippen LogP contribution in [0.2, 0.25) is 0 Å². The van der Waals surface area contributed by atoms with Crippen LogP contribution >= 0.6 is 11.8 Å². The van der Waals surface area contributed by atoms with E-state index in [9.17, 15) is 13.2 Å². The molecule has 0 amide bonds. The zero-order chi connectivity index (χ0) is 13.5. The number of nitrogens with zero attached hydrogens (tertiary/aromatic N) is 1. The third-order valence-electron chi connectivity index (χ3n) is 1.93. The normalized spacial score (nSPS) is 11.5. The lowest BCUT2D eigenvalue weighted by Gasteiger charge is -2.13. The van der Waals surface area contributed by atoms with Gasteiger partial charge >= 0.3 is 5.97 Å². The summed E-state index contributed by atoms with van der Waals surface area (Å²) in [5, 5.41) is 0. The standard InChI is InChI=1S/C10H19NO4S2/c1-9(2)10(12)15-6-8-16-7-5-11(3)17(4,13)14/h1,5-8H2,2-4H3. The number of carbonyl (C=O) groups is 1. The Kier molecular flexibility index (Phi) is 7.49. The average molecular weight is 281 g/mol. The number of esters is 1. The fraction of sp³-hybridized carbons (Fsp3) is 0.700. The van der Waals surface area contributed by atoms with Gasteiger partial charge in [0.2, 0.25) is 10.0 Å². The third kappa shape index (κ3) is 8.23. The maximum atomic E-state index is 11.1. The van der Waals surface area contributed by atoms with Crippen molar-refractivity contribution < 1.29 is 17.9 Å². The van der Waals surface area contributed by atoms with Crippen LogP contribution in [-0.2, 0) is 19.6 Å². The lowest BCUT2D eigenvalue weighted by molar-refractivity contribution is -0.138. The Morgan fingerprint density at radius 3 is 2.47 bits per heavy atom. The van der Waals surface area contributed by atoms with Crippen LogP contribution in [-0.4, -0.2) is 56.7 Å². The van der Waals surface area contributed by atoms with Crippen LogP contribution < -0.4 is 0 Å². The summed E-state index contributed by atoms with van der Waals surface area (Å²) in [6.45, 7) is 5.83. The van der Waals surface area contributed by atoms with Crippen LogP contribution in [0.4, 0.5) is 0 Å². The highest BCUT2D eigenvalue weighted by Gasteiger charge is 2.09. The van der Waals surface area contributed by atoms with E-state index in [-0.39, 0.29) is 5.97 Å². The Bertz CT molecular complexity index is 365. The summed E-state index contributed by atoms with van der Waals surface area (Å²) < 4.78 is 28.3. The van der Waals surface area contributed by atoms with E-state index in [1.165, 1.54) is 29.4 Å². The smallest absolute Gasteiger partial charge is 0.333 e. The molecule has 0 fully saturated rings. The van der Waals surface area contributed by atoms with Crippen molar-refractivity contribution in [3.63, 3.8) is 0 Å². The molecular weight excluding hydrogens is 262 g/mol. The van der Waals surface area contributed by atoms with Gasteiger partial charge in [0.25, 0.3) is 0 Å². The number of hydrogen-bond acceptors (Lipinski definition) is 5. The van der Waals surface area contributed by atoms with Crippen LogP contribution in [0.15, 0.2) is 12.2 Å².